The fraction of sp³-hybridized carbons (Fsp3) is 0.481. The average molecular weight is 455 g/mol. The summed E-state index contributed by atoms with van der Waals surface area (Å²) in [5.41, 5.74) is 6.82. The first-order chi connectivity index (χ1) is 15.8. The Morgan fingerprint density at radius 2 is 1.42 bits per heavy atom. The normalized spacial score (nSPS) is 18.4. The molecule has 2 aromatic rings. The van der Waals surface area contributed by atoms with Crippen molar-refractivity contribution in [2.75, 3.05) is 13.2 Å². The molecule has 0 bridgehead atoms. The van der Waals surface area contributed by atoms with E-state index in [9.17, 15) is 9.59 Å². The maximum atomic E-state index is 12.4. The predicted molar refractivity (Wildman–Crippen MR) is 130 cm³/mol. The summed E-state index contributed by atoms with van der Waals surface area (Å²) in [5.74, 6) is -0.916. The van der Waals surface area contributed by atoms with Gasteiger partial charge in [0, 0.05) is 18.1 Å². The van der Waals surface area contributed by atoms with Crippen molar-refractivity contribution in [1.82, 2.24) is 5.32 Å². The summed E-state index contributed by atoms with van der Waals surface area (Å²) in [6, 6.07) is 20.6. The smallest absolute Gasteiger partial charge is 0.323 e. The molecular weight excluding hydrogens is 416 g/mol. The summed E-state index contributed by atoms with van der Waals surface area (Å²) < 4.78 is 10.3. The van der Waals surface area contributed by atoms with E-state index in [-0.39, 0.29) is 31.3 Å². The summed E-state index contributed by atoms with van der Waals surface area (Å²) in [6.45, 7) is 8.09. The number of hydrogen-bond acceptors (Lipinski definition) is 6. The number of nitrogens with two attached hydrogens (primary N) is 1. The Morgan fingerprint density at radius 1 is 0.939 bits per heavy atom. The van der Waals surface area contributed by atoms with E-state index in [0.29, 0.717) is 12.8 Å². The van der Waals surface area contributed by atoms with Crippen LogP contribution in [0.5, 0.6) is 0 Å². The Bertz CT molecular complexity index is 837. The Morgan fingerprint density at radius 3 is 1.85 bits per heavy atom. The molecule has 6 nitrogen and oxygen atoms in total. The van der Waals surface area contributed by atoms with Crippen molar-refractivity contribution in [1.29, 1.82) is 0 Å². The van der Waals surface area contributed by atoms with Gasteiger partial charge in [-0.05, 0) is 58.1 Å². The van der Waals surface area contributed by atoms with Gasteiger partial charge in [0.05, 0.1) is 13.2 Å². The number of hydrogen-bond donors (Lipinski definition) is 2. The Balaban J connectivity index is 0.000000357. The second-order valence-corrected chi connectivity index (χ2v) is 8.46. The van der Waals surface area contributed by atoms with E-state index in [2.05, 4.69) is 24.4 Å². The standard InChI is InChI=1S/C19H27NO4.C8H11N/c1-4-23-17(21)19(18(22)24-5-2)12-11-16(13-19)20-14(3)15-9-7-6-8-10-15;1-7(9)8-5-3-2-4-6-8/h6-10,14,16,20H,4-5,11-13H2,1-3H3;2-7H,9H2,1H3/t14-,16-;7-/m00/s1. The topological polar surface area (TPSA) is 90.7 Å². The van der Waals surface area contributed by atoms with E-state index in [1.54, 1.807) is 13.8 Å². The molecule has 0 aromatic heterocycles. The summed E-state index contributed by atoms with van der Waals surface area (Å²) in [7, 11) is 0. The van der Waals surface area contributed by atoms with Crippen LogP contribution in [0.1, 0.15) is 70.2 Å². The molecule has 33 heavy (non-hydrogen) atoms. The molecule has 6 heteroatoms. The van der Waals surface area contributed by atoms with Crippen molar-refractivity contribution < 1.29 is 19.1 Å². The molecule has 0 unspecified atom stereocenters. The lowest BCUT2D eigenvalue weighted by Crippen LogP contribution is -2.42. The number of carbonyl (C=O) groups is 2. The minimum Gasteiger partial charge on any atom is -0.465 e. The van der Waals surface area contributed by atoms with Crippen LogP contribution in [0, 0.1) is 5.41 Å². The number of nitrogens with one attached hydrogen (secondary N) is 1. The van der Waals surface area contributed by atoms with Crippen LogP contribution in [0.2, 0.25) is 0 Å². The van der Waals surface area contributed by atoms with Crippen LogP contribution in [0.4, 0.5) is 0 Å². The zero-order valence-corrected chi connectivity index (χ0v) is 20.3. The number of carbonyl (C=O) groups excluding carboxylic acids is 2. The van der Waals surface area contributed by atoms with Gasteiger partial charge in [0.1, 0.15) is 0 Å². The molecule has 180 valence electrons. The van der Waals surface area contributed by atoms with Gasteiger partial charge in [-0.3, -0.25) is 9.59 Å². The number of benzene rings is 2. The molecule has 0 heterocycles. The van der Waals surface area contributed by atoms with Crippen molar-refractivity contribution in [2.45, 2.75) is 65.1 Å². The highest BCUT2D eigenvalue weighted by molar-refractivity contribution is 6.00. The lowest BCUT2D eigenvalue weighted by molar-refractivity contribution is -0.171. The van der Waals surface area contributed by atoms with Gasteiger partial charge in [0.25, 0.3) is 0 Å². The molecule has 1 saturated carbocycles. The van der Waals surface area contributed by atoms with Crippen LogP contribution < -0.4 is 11.1 Å². The summed E-state index contributed by atoms with van der Waals surface area (Å²) in [6.07, 6.45) is 1.63. The van der Waals surface area contributed by atoms with E-state index in [0.717, 1.165) is 6.42 Å². The zero-order valence-electron chi connectivity index (χ0n) is 20.3. The van der Waals surface area contributed by atoms with Crippen LogP contribution in [0.15, 0.2) is 60.7 Å². The minimum absolute atomic E-state index is 0.0778. The third-order valence-electron chi connectivity index (χ3n) is 5.96. The van der Waals surface area contributed by atoms with Gasteiger partial charge in [-0.25, -0.2) is 0 Å². The third kappa shape index (κ3) is 7.41. The van der Waals surface area contributed by atoms with Crippen molar-refractivity contribution in [3.05, 3.63) is 71.8 Å². The van der Waals surface area contributed by atoms with Gasteiger partial charge >= 0.3 is 11.9 Å². The molecule has 0 spiro atoms. The van der Waals surface area contributed by atoms with Gasteiger partial charge < -0.3 is 20.5 Å². The Labute approximate surface area is 197 Å². The van der Waals surface area contributed by atoms with Gasteiger partial charge in [0.15, 0.2) is 5.41 Å². The highest BCUT2D eigenvalue weighted by Crippen LogP contribution is 2.41. The third-order valence-corrected chi connectivity index (χ3v) is 5.96. The second-order valence-electron chi connectivity index (χ2n) is 8.46. The van der Waals surface area contributed by atoms with E-state index < -0.39 is 17.4 Å². The molecule has 3 atom stereocenters. The maximum Gasteiger partial charge on any atom is 0.323 e. The summed E-state index contributed by atoms with van der Waals surface area (Å²) in [5, 5.41) is 3.53. The molecule has 3 N–H and O–H groups in total. The highest BCUT2D eigenvalue weighted by Gasteiger charge is 2.54. The maximum absolute atomic E-state index is 12.4. The van der Waals surface area contributed by atoms with Crippen molar-refractivity contribution in [3.63, 3.8) is 0 Å². The van der Waals surface area contributed by atoms with Crippen molar-refractivity contribution in [3.8, 4) is 0 Å². The monoisotopic (exact) mass is 454 g/mol. The van der Waals surface area contributed by atoms with E-state index in [1.165, 1.54) is 11.1 Å². The molecule has 0 amide bonds. The fourth-order valence-corrected chi connectivity index (χ4v) is 4.13. The lowest BCUT2D eigenvalue weighted by Gasteiger charge is -2.25. The van der Waals surface area contributed by atoms with E-state index in [4.69, 9.17) is 15.2 Å². The molecule has 3 rings (SSSR count). The first kappa shape index (κ1) is 26.6. The molecule has 1 aliphatic carbocycles. The second kappa shape index (κ2) is 13.1. The molecule has 0 saturated heterocycles. The van der Waals surface area contributed by atoms with Crippen LogP contribution in [-0.2, 0) is 19.1 Å². The molecule has 1 fully saturated rings. The molecule has 0 radical (unpaired) electrons. The van der Waals surface area contributed by atoms with Gasteiger partial charge in [0.2, 0.25) is 0 Å². The fourth-order valence-electron chi connectivity index (χ4n) is 4.13. The van der Waals surface area contributed by atoms with Gasteiger partial charge in [-0.2, -0.15) is 0 Å². The average Bonchev–Trinajstić information content (AvgIpc) is 3.26. The minimum atomic E-state index is -1.17. The van der Waals surface area contributed by atoms with Gasteiger partial charge in [-0.15, -0.1) is 0 Å². The van der Waals surface area contributed by atoms with Crippen LogP contribution in [0.25, 0.3) is 0 Å². The Kier molecular flexibility index (Phi) is 10.6. The molecule has 1 aliphatic rings. The van der Waals surface area contributed by atoms with E-state index >= 15 is 0 Å². The molecular formula is C27H38N2O4. The van der Waals surface area contributed by atoms with Gasteiger partial charge in [-0.1, -0.05) is 60.7 Å². The summed E-state index contributed by atoms with van der Waals surface area (Å²) in [4.78, 5) is 24.9. The quantitative estimate of drug-likeness (QED) is 0.443. The number of rotatable bonds is 8. The van der Waals surface area contributed by atoms with Crippen molar-refractivity contribution in [2.24, 2.45) is 11.1 Å². The van der Waals surface area contributed by atoms with Crippen LogP contribution in [-0.4, -0.2) is 31.2 Å². The first-order valence-electron chi connectivity index (χ1n) is 11.8. The Hall–Kier alpha value is -2.70. The van der Waals surface area contributed by atoms with Crippen LogP contribution in [0.3, 0.4) is 0 Å². The van der Waals surface area contributed by atoms with Crippen LogP contribution >= 0.6 is 0 Å². The summed E-state index contributed by atoms with van der Waals surface area (Å²) >= 11 is 0. The lowest BCUT2D eigenvalue weighted by atomic mass is 9.86. The molecule has 2 aromatic carbocycles. The first-order valence-corrected chi connectivity index (χ1v) is 11.8. The predicted octanol–water partition coefficient (Wildman–Crippen LogP) is 4.71. The number of ether oxygens (including phenoxy) is 2. The van der Waals surface area contributed by atoms with Crippen molar-refractivity contribution >= 4 is 11.9 Å². The SMILES string of the molecule is CCOC(=O)C1(C(=O)OCC)CC[C@H](N[C@@H](C)c2ccccc2)C1.C[C@H](N)c1ccccc1. The molecule has 0 aliphatic heterocycles. The largest absolute Gasteiger partial charge is 0.465 e. The van der Waals surface area contributed by atoms with E-state index in [1.807, 2.05) is 55.5 Å². The highest BCUT2D eigenvalue weighted by atomic mass is 16.6. The number of esters is 2. The zero-order chi connectivity index (χ0) is 24.3.